The smallest absolute Gasteiger partial charge is 0.242 e. The van der Waals surface area contributed by atoms with Crippen LogP contribution < -0.4 is 16.0 Å². The van der Waals surface area contributed by atoms with Crippen LogP contribution in [0.2, 0.25) is 0 Å². The van der Waals surface area contributed by atoms with E-state index in [0.717, 1.165) is 16.5 Å². The van der Waals surface area contributed by atoms with E-state index in [-0.39, 0.29) is 30.7 Å². The molecular weight excluding hydrogens is 385 g/mol. The maximum atomic E-state index is 14.0. The van der Waals surface area contributed by atoms with Gasteiger partial charge in [0.15, 0.2) is 5.82 Å². The number of rotatable bonds is 6. The molecule has 0 bridgehead atoms. The van der Waals surface area contributed by atoms with E-state index in [1.54, 1.807) is 18.2 Å². The van der Waals surface area contributed by atoms with Crippen LogP contribution in [0.4, 0.5) is 10.2 Å². The van der Waals surface area contributed by atoms with Gasteiger partial charge in [-0.2, -0.15) is 0 Å². The molecule has 2 aromatic carbocycles. The van der Waals surface area contributed by atoms with Crippen molar-refractivity contribution in [2.45, 2.75) is 38.9 Å². The Hall–Kier alpha value is -3.55. The van der Waals surface area contributed by atoms with Crippen LogP contribution in [0.3, 0.4) is 0 Å². The van der Waals surface area contributed by atoms with Crippen LogP contribution in [0.25, 0.3) is 10.9 Å². The Morgan fingerprint density at radius 3 is 2.77 bits per heavy atom. The van der Waals surface area contributed by atoms with E-state index in [1.807, 2.05) is 25.1 Å². The van der Waals surface area contributed by atoms with Gasteiger partial charge in [-0.25, -0.2) is 14.4 Å². The van der Waals surface area contributed by atoms with Crippen LogP contribution >= 0.6 is 0 Å². The number of carbonyl (C=O) groups is 2. The SMILES string of the molecule is Cc1cccc2c(NCc3ccccc3F)nc(CNC(=O)[C@@H]3CCC(=O)N3)nc12. The van der Waals surface area contributed by atoms with Crippen LogP contribution in [0.5, 0.6) is 0 Å². The van der Waals surface area contributed by atoms with Crippen molar-refractivity contribution in [3.63, 3.8) is 0 Å². The fourth-order valence-corrected chi connectivity index (χ4v) is 3.48. The van der Waals surface area contributed by atoms with Crippen molar-refractivity contribution in [3.8, 4) is 0 Å². The molecule has 0 saturated carbocycles. The van der Waals surface area contributed by atoms with Gasteiger partial charge in [0, 0.05) is 23.9 Å². The standard InChI is InChI=1S/C22H22FN5O2/c1-13-5-4-7-15-20(13)27-18(12-25-22(30)17-9-10-19(29)26-17)28-21(15)24-11-14-6-2-3-8-16(14)23/h2-8,17H,9-12H2,1H3,(H,25,30)(H,26,29)(H,24,27,28)/t17-/m0/s1. The number of benzene rings is 2. The van der Waals surface area contributed by atoms with Gasteiger partial charge >= 0.3 is 0 Å². The number of carbonyl (C=O) groups excluding carboxylic acids is 2. The average molecular weight is 407 g/mol. The van der Waals surface area contributed by atoms with Crippen LogP contribution in [0.15, 0.2) is 42.5 Å². The molecule has 1 fully saturated rings. The largest absolute Gasteiger partial charge is 0.365 e. The summed E-state index contributed by atoms with van der Waals surface area (Å²) in [6.45, 7) is 2.35. The van der Waals surface area contributed by atoms with Gasteiger partial charge in [0.1, 0.15) is 17.7 Å². The molecule has 4 rings (SSSR count). The van der Waals surface area contributed by atoms with E-state index in [0.29, 0.717) is 30.0 Å². The molecule has 30 heavy (non-hydrogen) atoms. The van der Waals surface area contributed by atoms with Gasteiger partial charge in [-0.05, 0) is 31.0 Å². The second-order valence-corrected chi connectivity index (χ2v) is 7.28. The molecule has 3 N–H and O–H groups in total. The number of nitrogens with one attached hydrogen (secondary N) is 3. The molecule has 154 valence electrons. The molecule has 8 heteroatoms. The first-order valence-corrected chi connectivity index (χ1v) is 9.82. The van der Waals surface area contributed by atoms with E-state index in [9.17, 15) is 14.0 Å². The number of amides is 2. The summed E-state index contributed by atoms with van der Waals surface area (Å²) in [6, 6.07) is 11.8. The summed E-state index contributed by atoms with van der Waals surface area (Å²) in [4.78, 5) is 32.8. The topological polar surface area (TPSA) is 96.0 Å². The zero-order chi connectivity index (χ0) is 21.1. The molecule has 2 heterocycles. The predicted molar refractivity (Wildman–Crippen MR) is 111 cm³/mol. The van der Waals surface area contributed by atoms with E-state index in [4.69, 9.17) is 0 Å². The molecule has 0 unspecified atom stereocenters. The maximum absolute atomic E-state index is 14.0. The number of hydrogen-bond donors (Lipinski definition) is 3. The molecule has 7 nitrogen and oxygen atoms in total. The number of halogens is 1. The summed E-state index contributed by atoms with van der Waals surface area (Å²) in [7, 11) is 0. The summed E-state index contributed by atoms with van der Waals surface area (Å²) in [6.07, 6.45) is 0.839. The number of para-hydroxylation sites is 1. The van der Waals surface area contributed by atoms with Crippen molar-refractivity contribution in [2.75, 3.05) is 5.32 Å². The molecule has 3 aromatic rings. The van der Waals surface area contributed by atoms with Gasteiger partial charge in [-0.3, -0.25) is 9.59 Å². The summed E-state index contributed by atoms with van der Waals surface area (Å²) < 4.78 is 14.0. The Morgan fingerprint density at radius 1 is 1.17 bits per heavy atom. The molecule has 1 aliphatic rings. The van der Waals surface area contributed by atoms with Gasteiger partial charge < -0.3 is 16.0 Å². The molecule has 0 aliphatic carbocycles. The normalized spacial score (nSPS) is 15.8. The van der Waals surface area contributed by atoms with Crippen molar-refractivity contribution in [2.24, 2.45) is 0 Å². The highest BCUT2D eigenvalue weighted by molar-refractivity contribution is 5.92. The first-order chi connectivity index (χ1) is 14.5. The zero-order valence-corrected chi connectivity index (χ0v) is 16.5. The van der Waals surface area contributed by atoms with E-state index in [2.05, 4.69) is 25.9 Å². The maximum Gasteiger partial charge on any atom is 0.242 e. The third-order valence-corrected chi connectivity index (χ3v) is 5.11. The summed E-state index contributed by atoms with van der Waals surface area (Å²) >= 11 is 0. The summed E-state index contributed by atoms with van der Waals surface area (Å²) in [5.41, 5.74) is 2.27. The molecular formula is C22H22FN5O2. The lowest BCUT2D eigenvalue weighted by Gasteiger charge is -2.14. The van der Waals surface area contributed by atoms with Crippen molar-refractivity contribution in [3.05, 3.63) is 65.2 Å². The number of anilines is 1. The lowest BCUT2D eigenvalue weighted by atomic mass is 10.1. The number of hydrogen-bond acceptors (Lipinski definition) is 5. The quantitative estimate of drug-likeness (QED) is 0.584. The molecule has 0 spiro atoms. The number of aryl methyl sites for hydroxylation is 1. The van der Waals surface area contributed by atoms with Gasteiger partial charge in [0.2, 0.25) is 11.8 Å². The molecule has 1 atom stereocenters. The number of nitrogens with zero attached hydrogens (tertiary/aromatic N) is 2. The first-order valence-electron chi connectivity index (χ1n) is 9.82. The number of aromatic nitrogens is 2. The van der Waals surface area contributed by atoms with Crippen LogP contribution in [0.1, 0.15) is 29.8 Å². The third-order valence-electron chi connectivity index (χ3n) is 5.11. The highest BCUT2D eigenvalue weighted by Gasteiger charge is 2.27. The van der Waals surface area contributed by atoms with Crippen molar-refractivity contribution >= 4 is 28.5 Å². The van der Waals surface area contributed by atoms with Crippen LogP contribution in [-0.4, -0.2) is 27.8 Å². The average Bonchev–Trinajstić information content (AvgIpc) is 3.18. The monoisotopic (exact) mass is 407 g/mol. The summed E-state index contributed by atoms with van der Waals surface area (Å²) in [5, 5.41) is 9.46. The van der Waals surface area contributed by atoms with Crippen LogP contribution in [0, 0.1) is 12.7 Å². The Bertz CT molecular complexity index is 1120. The first kappa shape index (κ1) is 19.8. The molecule has 1 aromatic heterocycles. The molecule has 2 amide bonds. The number of fused-ring (bicyclic) bond motifs is 1. The minimum Gasteiger partial charge on any atom is -0.365 e. The summed E-state index contributed by atoms with van der Waals surface area (Å²) in [5.74, 6) is 0.351. The van der Waals surface area contributed by atoms with E-state index < -0.39 is 6.04 Å². The second-order valence-electron chi connectivity index (χ2n) is 7.28. The second kappa shape index (κ2) is 8.44. The minimum atomic E-state index is -0.515. The van der Waals surface area contributed by atoms with E-state index >= 15 is 0 Å². The van der Waals surface area contributed by atoms with Crippen molar-refractivity contribution < 1.29 is 14.0 Å². The Balaban J connectivity index is 1.56. The molecule has 0 radical (unpaired) electrons. The van der Waals surface area contributed by atoms with Crippen molar-refractivity contribution in [1.82, 2.24) is 20.6 Å². The zero-order valence-electron chi connectivity index (χ0n) is 16.5. The molecule has 1 saturated heterocycles. The van der Waals surface area contributed by atoms with E-state index in [1.165, 1.54) is 6.07 Å². The highest BCUT2D eigenvalue weighted by Crippen LogP contribution is 2.24. The molecule has 1 aliphatic heterocycles. The Labute approximate surface area is 173 Å². The Morgan fingerprint density at radius 2 is 2.00 bits per heavy atom. The third kappa shape index (κ3) is 4.22. The predicted octanol–water partition coefficient (Wildman–Crippen LogP) is 2.58. The lowest BCUT2D eigenvalue weighted by Crippen LogP contribution is -2.41. The van der Waals surface area contributed by atoms with Gasteiger partial charge in [0.05, 0.1) is 12.1 Å². The van der Waals surface area contributed by atoms with Gasteiger partial charge in [0.25, 0.3) is 0 Å². The fraction of sp³-hybridized carbons (Fsp3) is 0.273. The fourth-order valence-electron chi connectivity index (χ4n) is 3.48. The lowest BCUT2D eigenvalue weighted by molar-refractivity contribution is -0.125. The van der Waals surface area contributed by atoms with Crippen LogP contribution in [-0.2, 0) is 22.7 Å². The Kier molecular flexibility index (Phi) is 5.56. The van der Waals surface area contributed by atoms with Gasteiger partial charge in [-0.15, -0.1) is 0 Å². The highest BCUT2D eigenvalue weighted by atomic mass is 19.1. The van der Waals surface area contributed by atoms with Gasteiger partial charge in [-0.1, -0.05) is 30.3 Å². The minimum absolute atomic E-state index is 0.118. The van der Waals surface area contributed by atoms with Crippen molar-refractivity contribution in [1.29, 1.82) is 0 Å².